The van der Waals surface area contributed by atoms with Crippen molar-refractivity contribution in [3.8, 4) is 0 Å². The van der Waals surface area contributed by atoms with E-state index in [0.717, 1.165) is 0 Å². The van der Waals surface area contributed by atoms with Crippen LogP contribution in [0.3, 0.4) is 0 Å². The lowest BCUT2D eigenvalue weighted by Gasteiger charge is -2.35. The Morgan fingerprint density at radius 2 is 1.61 bits per heavy atom. The third kappa shape index (κ3) is 6.35. The molecule has 4 N–H and O–H groups in total. The van der Waals surface area contributed by atoms with Crippen LogP contribution in [0, 0.1) is 23.2 Å². The summed E-state index contributed by atoms with van der Waals surface area (Å²) in [6.45, 7) is 2.44. The second-order valence-electron chi connectivity index (χ2n) is 10.8. The van der Waals surface area contributed by atoms with E-state index >= 15 is 0 Å². The first-order chi connectivity index (χ1) is 17.9. The molecule has 0 saturated carbocycles. The topological polar surface area (TPSA) is 165 Å². The van der Waals surface area contributed by atoms with Crippen molar-refractivity contribution in [2.24, 2.45) is 23.5 Å². The molecule has 3 aliphatic heterocycles. The van der Waals surface area contributed by atoms with Crippen molar-refractivity contribution in [2.75, 3.05) is 39.0 Å². The number of sulfonamides is 1. The predicted octanol–water partition coefficient (Wildman–Crippen LogP) is 0.991. The first kappa shape index (κ1) is 28.0. The molecule has 4 rings (SSSR count). The molecule has 3 fully saturated rings. The number of ketones is 1. The van der Waals surface area contributed by atoms with Gasteiger partial charge in [0.1, 0.15) is 0 Å². The molecule has 11 nitrogen and oxygen atoms in total. The molecule has 1 aromatic rings. The molecular weight excluding hydrogens is 510 g/mol. The van der Waals surface area contributed by atoms with Gasteiger partial charge < -0.3 is 20.6 Å². The molecule has 0 radical (unpaired) electrons. The highest BCUT2D eigenvalue weighted by Crippen LogP contribution is 2.37. The maximum absolute atomic E-state index is 13.7. The second-order valence-corrected chi connectivity index (χ2v) is 12.8. The fourth-order valence-electron chi connectivity index (χ4n) is 6.12. The van der Waals surface area contributed by atoms with Crippen molar-refractivity contribution < 1.29 is 27.9 Å². The summed E-state index contributed by atoms with van der Waals surface area (Å²) < 4.78 is 25.4. The van der Waals surface area contributed by atoms with Gasteiger partial charge in [0, 0.05) is 45.1 Å². The van der Waals surface area contributed by atoms with Crippen LogP contribution in [0.2, 0.25) is 0 Å². The average molecular weight is 548 g/mol. The van der Waals surface area contributed by atoms with Crippen molar-refractivity contribution in [3.05, 3.63) is 35.4 Å². The van der Waals surface area contributed by atoms with Crippen molar-refractivity contribution in [1.82, 2.24) is 14.1 Å². The van der Waals surface area contributed by atoms with Crippen LogP contribution in [0.15, 0.2) is 24.3 Å². The molecule has 1 amide bonds. The van der Waals surface area contributed by atoms with Gasteiger partial charge in [0.15, 0.2) is 11.7 Å². The molecule has 3 heterocycles. The molecule has 3 aliphatic rings. The number of piperidine rings is 2. The zero-order valence-electron chi connectivity index (χ0n) is 21.7. The Morgan fingerprint density at radius 3 is 2.13 bits per heavy atom. The number of carboxylic acids is 1. The normalized spacial score (nSPS) is 23.9. The molecule has 0 unspecified atom stereocenters. The van der Waals surface area contributed by atoms with Crippen molar-refractivity contribution in [3.63, 3.8) is 0 Å². The molecule has 3 saturated heterocycles. The quantitative estimate of drug-likeness (QED) is 0.336. The van der Waals surface area contributed by atoms with Gasteiger partial charge in [-0.05, 0) is 61.6 Å². The third-order valence-corrected chi connectivity index (χ3v) is 9.69. The van der Waals surface area contributed by atoms with Gasteiger partial charge in [0.05, 0.1) is 17.9 Å². The van der Waals surface area contributed by atoms with E-state index in [1.54, 1.807) is 21.9 Å². The lowest BCUT2D eigenvalue weighted by molar-refractivity contribution is -0.141. The Morgan fingerprint density at radius 1 is 1.00 bits per heavy atom. The molecule has 38 heavy (non-hydrogen) atoms. The highest BCUT2D eigenvalue weighted by molar-refractivity contribution is 7.88. The van der Waals surface area contributed by atoms with Gasteiger partial charge in [-0.15, -0.1) is 0 Å². The Balaban J connectivity index is 1.48. The average Bonchev–Trinajstić information content (AvgIpc) is 3.34. The molecule has 0 spiro atoms. The van der Waals surface area contributed by atoms with Gasteiger partial charge >= 0.3 is 5.97 Å². The zero-order chi connectivity index (χ0) is 27.6. The van der Waals surface area contributed by atoms with Gasteiger partial charge in [0.2, 0.25) is 15.9 Å². The number of likely N-dealkylation sites (tertiary alicyclic amines) is 2. The highest BCUT2D eigenvalue weighted by Gasteiger charge is 2.44. The molecule has 0 bridgehead atoms. The number of rotatable bonds is 7. The van der Waals surface area contributed by atoms with Gasteiger partial charge in [-0.1, -0.05) is 12.1 Å². The van der Waals surface area contributed by atoms with Gasteiger partial charge in [0.25, 0.3) is 0 Å². The molecule has 12 heteroatoms. The molecule has 0 aliphatic carbocycles. The predicted molar refractivity (Wildman–Crippen MR) is 141 cm³/mol. The van der Waals surface area contributed by atoms with Crippen molar-refractivity contribution in [2.45, 2.75) is 44.6 Å². The molecule has 0 aromatic heterocycles. The number of nitrogens with one attached hydrogen (secondary N) is 1. The van der Waals surface area contributed by atoms with Crippen molar-refractivity contribution in [1.29, 1.82) is 5.41 Å². The van der Waals surface area contributed by atoms with E-state index in [1.807, 2.05) is 0 Å². The minimum atomic E-state index is -3.24. The summed E-state index contributed by atoms with van der Waals surface area (Å²) in [5.74, 6) is -1.03. The van der Waals surface area contributed by atoms with Crippen LogP contribution in [0.1, 0.15) is 48.0 Å². The summed E-state index contributed by atoms with van der Waals surface area (Å²) in [7, 11) is -3.24. The Bertz CT molecular complexity index is 1170. The number of carbonyl (C=O) groups is 3. The molecule has 2 atom stereocenters. The number of aromatic carboxylic acids is 1. The second kappa shape index (κ2) is 11.4. The van der Waals surface area contributed by atoms with E-state index in [4.69, 9.17) is 16.2 Å². The number of nitrogens with zero attached hydrogens (tertiary/aromatic N) is 3. The molecular formula is C26H37N5O6S. The maximum atomic E-state index is 13.7. The number of Topliss-reactive ketones (excluding diaryl/α,β-unsaturated/α-hetero) is 1. The number of amides is 1. The number of nitrogens with two attached hydrogens (primary N) is 1. The lowest BCUT2D eigenvalue weighted by atomic mass is 9.83. The number of hydrogen-bond donors (Lipinski definition) is 3. The zero-order valence-corrected chi connectivity index (χ0v) is 22.5. The minimum Gasteiger partial charge on any atom is -0.478 e. The summed E-state index contributed by atoms with van der Waals surface area (Å²) in [4.78, 5) is 41.9. The first-order valence-electron chi connectivity index (χ1n) is 13.1. The summed E-state index contributed by atoms with van der Waals surface area (Å²) in [6, 6.07) is 5.66. The van der Waals surface area contributed by atoms with Gasteiger partial charge in [-0.2, -0.15) is 0 Å². The standard InChI is InChI=1S/C26H37N5O6S/c1-38(36,37)30-12-8-18(9-13-30)21-15-22(23(32)14-17-2-4-20(5-3-17)25(34)35)31(16-21)24(33)19-6-10-29(11-7-19)26(27)28/h2-5,18-19,21-22H,6-16H2,1H3,(H3,27,28)(H,34,35)/t21-,22-/m0/s1. The fourth-order valence-corrected chi connectivity index (χ4v) is 7.00. The van der Waals surface area contributed by atoms with E-state index in [1.165, 1.54) is 22.7 Å². The highest BCUT2D eigenvalue weighted by atomic mass is 32.2. The smallest absolute Gasteiger partial charge is 0.335 e. The summed E-state index contributed by atoms with van der Waals surface area (Å²) in [5.41, 5.74) is 6.46. The first-order valence-corrected chi connectivity index (χ1v) is 15.0. The van der Waals surface area contributed by atoms with Crippen LogP contribution >= 0.6 is 0 Å². The number of carbonyl (C=O) groups excluding carboxylic acids is 2. The Labute approximate surface area is 223 Å². The van der Waals surface area contributed by atoms with Crippen LogP contribution < -0.4 is 5.73 Å². The molecule has 1 aromatic carbocycles. The van der Waals surface area contributed by atoms with E-state index in [9.17, 15) is 22.8 Å². The number of hydrogen-bond acceptors (Lipinski definition) is 6. The molecule has 208 valence electrons. The van der Waals surface area contributed by atoms with Crippen molar-refractivity contribution >= 4 is 33.6 Å². The SMILES string of the molecule is CS(=O)(=O)N1CCC([C@H]2C[C@@H](C(=O)Cc3ccc(C(=O)O)cc3)N(C(=O)C3CCN(C(=N)N)CC3)C2)CC1. The Hall–Kier alpha value is -2.99. The summed E-state index contributed by atoms with van der Waals surface area (Å²) in [6.07, 6.45) is 4.43. The summed E-state index contributed by atoms with van der Waals surface area (Å²) in [5, 5.41) is 16.8. The van der Waals surface area contributed by atoms with E-state index in [-0.39, 0.29) is 47.4 Å². The van der Waals surface area contributed by atoms with Crippen LogP contribution in [0.25, 0.3) is 0 Å². The van der Waals surface area contributed by atoms with Crippen LogP contribution in [0.5, 0.6) is 0 Å². The van der Waals surface area contributed by atoms with E-state index in [2.05, 4.69) is 0 Å². The minimum absolute atomic E-state index is 0.000424. The van der Waals surface area contributed by atoms with E-state index < -0.39 is 22.0 Å². The van der Waals surface area contributed by atoms with Gasteiger partial charge in [-0.25, -0.2) is 17.5 Å². The lowest BCUT2D eigenvalue weighted by Crippen LogP contribution is -2.49. The summed E-state index contributed by atoms with van der Waals surface area (Å²) >= 11 is 0. The van der Waals surface area contributed by atoms with E-state index in [0.29, 0.717) is 70.4 Å². The Kier molecular flexibility index (Phi) is 8.41. The monoisotopic (exact) mass is 547 g/mol. The van der Waals surface area contributed by atoms with Gasteiger partial charge in [-0.3, -0.25) is 15.0 Å². The number of carboxylic acid groups (broad SMARTS) is 1. The van der Waals surface area contributed by atoms with Crippen LogP contribution in [-0.4, -0.2) is 96.3 Å². The maximum Gasteiger partial charge on any atom is 0.335 e. The van der Waals surface area contributed by atoms with Crippen LogP contribution in [0.4, 0.5) is 0 Å². The largest absolute Gasteiger partial charge is 0.478 e. The van der Waals surface area contributed by atoms with Crippen LogP contribution in [-0.2, 0) is 26.0 Å². The number of guanidine groups is 1. The fraction of sp³-hybridized carbons (Fsp3) is 0.615. The third-order valence-electron chi connectivity index (χ3n) is 8.39. The number of benzene rings is 1.